The van der Waals surface area contributed by atoms with E-state index in [0.717, 1.165) is 18.5 Å². The molecule has 0 aliphatic heterocycles. The van der Waals surface area contributed by atoms with E-state index in [-0.39, 0.29) is 12.1 Å². The van der Waals surface area contributed by atoms with Gasteiger partial charge in [0.1, 0.15) is 6.10 Å². The largest absolute Gasteiger partial charge is 0.458 e. The monoisotopic (exact) mass is 261 g/mol. The fourth-order valence-corrected chi connectivity index (χ4v) is 1.69. The first-order valence-electron chi connectivity index (χ1n) is 6.68. The van der Waals surface area contributed by atoms with Crippen molar-refractivity contribution in [2.24, 2.45) is 0 Å². The molecule has 1 aromatic carbocycles. The molecule has 3 heteroatoms. The van der Waals surface area contributed by atoms with Gasteiger partial charge in [-0.2, -0.15) is 0 Å². The molecule has 0 aromatic heterocycles. The molecule has 0 radical (unpaired) electrons. The molecule has 0 saturated heterocycles. The molecule has 0 heterocycles. The Morgan fingerprint density at radius 1 is 1.32 bits per heavy atom. The highest BCUT2D eigenvalue weighted by Gasteiger charge is 2.06. The third-order valence-corrected chi connectivity index (χ3v) is 2.59. The molecular formula is C16H23NO2. The highest BCUT2D eigenvalue weighted by atomic mass is 16.5. The van der Waals surface area contributed by atoms with Gasteiger partial charge in [0.15, 0.2) is 0 Å². The minimum absolute atomic E-state index is 0.112. The fourth-order valence-electron chi connectivity index (χ4n) is 1.69. The second-order valence-electron chi connectivity index (χ2n) is 4.91. The van der Waals surface area contributed by atoms with Crippen LogP contribution in [0.3, 0.4) is 0 Å². The molecule has 0 saturated carbocycles. The van der Waals surface area contributed by atoms with Crippen LogP contribution in [0.2, 0.25) is 0 Å². The van der Waals surface area contributed by atoms with E-state index < -0.39 is 0 Å². The van der Waals surface area contributed by atoms with E-state index in [4.69, 9.17) is 4.74 Å². The lowest BCUT2D eigenvalue weighted by atomic mass is 10.1. The van der Waals surface area contributed by atoms with Crippen molar-refractivity contribution < 1.29 is 9.53 Å². The Morgan fingerprint density at radius 2 is 2.00 bits per heavy atom. The zero-order valence-electron chi connectivity index (χ0n) is 12.0. The van der Waals surface area contributed by atoms with Crippen LogP contribution in [0.1, 0.15) is 26.3 Å². The molecule has 0 fully saturated rings. The molecule has 19 heavy (non-hydrogen) atoms. The predicted octanol–water partition coefficient (Wildman–Crippen LogP) is 2.72. The van der Waals surface area contributed by atoms with E-state index in [2.05, 4.69) is 17.4 Å². The number of ether oxygens (including phenoxy) is 1. The maximum absolute atomic E-state index is 11.4. The van der Waals surface area contributed by atoms with Crippen molar-refractivity contribution in [1.82, 2.24) is 5.32 Å². The highest BCUT2D eigenvalue weighted by molar-refractivity contribution is 5.82. The van der Waals surface area contributed by atoms with Gasteiger partial charge in [0.05, 0.1) is 0 Å². The SMILES string of the molecule is CC(C)=CC(=O)OC(C)CNCCc1ccccc1. The average molecular weight is 261 g/mol. The number of allylic oxidation sites excluding steroid dienone is 1. The smallest absolute Gasteiger partial charge is 0.330 e. The molecule has 0 bridgehead atoms. The summed E-state index contributed by atoms with van der Waals surface area (Å²) >= 11 is 0. The van der Waals surface area contributed by atoms with E-state index in [1.165, 1.54) is 11.6 Å². The zero-order valence-corrected chi connectivity index (χ0v) is 12.0. The minimum Gasteiger partial charge on any atom is -0.458 e. The molecule has 0 aliphatic carbocycles. The minimum atomic E-state index is -0.266. The maximum Gasteiger partial charge on any atom is 0.330 e. The molecule has 1 N–H and O–H groups in total. The van der Waals surface area contributed by atoms with E-state index >= 15 is 0 Å². The van der Waals surface area contributed by atoms with Gasteiger partial charge < -0.3 is 10.1 Å². The lowest BCUT2D eigenvalue weighted by Gasteiger charge is -2.13. The number of hydrogen-bond acceptors (Lipinski definition) is 3. The van der Waals surface area contributed by atoms with Crippen LogP contribution in [-0.2, 0) is 16.0 Å². The number of carbonyl (C=O) groups is 1. The van der Waals surface area contributed by atoms with Gasteiger partial charge in [0.25, 0.3) is 0 Å². The zero-order chi connectivity index (χ0) is 14.1. The van der Waals surface area contributed by atoms with E-state index in [0.29, 0.717) is 6.54 Å². The molecule has 1 rings (SSSR count). The second kappa shape index (κ2) is 8.48. The molecule has 104 valence electrons. The summed E-state index contributed by atoms with van der Waals surface area (Å²) in [5.74, 6) is -0.266. The van der Waals surface area contributed by atoms with Gasteiger partial charge >= 0.3 is 5.97 Å². The number of esters is 1. The Balaban J connectivity index is 2.15. The number of hydrogen-bond donors (Lipinski definition) is 1. The van der Waals surface area contributed by atoms with Gasteiger partial charge in [-0.15, -0.1) is 0 Å². The van der Waals surface area contributed by atoms with Crippen LogP contribution in [0.5, 0.6) is 0 Å². The summed E-state index contributed by atoms with van der Waals surface area (Å²) in [6.45, 7) is 7.21. The Hall–Kier alpha value is -1.61. The standard InChI is InChI=1S/C16H23NO2/c1-13(2)11-16(18)19-14(3)12-17-10-9-15-7-5-4-6-8-15/h4-8,11,14,17H,9-10,12H2,1-3H3. The molecule has 0 amide bonds. The van der Waals surface area contributed by atoms with E-state index in [1.807, 2.05) is 39.0 Å². The second-order valence-corrected chi connectivity index (χ2v) is 4.91. The predicted molar refractivity (Wildman–Crippen MR) is 78.0 cm³/mol. The third kappa shape index (κ3) is 7.42. The summed E-state index contributed by atoms with van der Waals surface area (Å²) in [6, 6.07) is 10.3. The van der Waals surface area contributed by atoms with Gasteiger partial charge in [-0.3, -0.25) is 0 Å². The number of benzene rings is 1. The van der Waals surface area contributed by atoms with Crippen LogP contribution in [0.25, 0.3) is 0 Å². The Labute approximate surface area is 115 Å². The molecule has 1 unspecified atom stereocenters. The number of nitrogens with one attached hydrogen (secondary N) is 1. The quantitative estimate of drug-likeness (QED) is 0.466. The highest BCUT2D eigenvalue weighted by Crippen LogP contribution is 1.99. The summed E-state index contributed by atoms with van der Waals surface area (Å²) in [7, 11) is 0. The topological polar surface area (TPSA) is 38.3 Å². The van der Waals surface area contributed by atoms with Crippen LogP contribution in [0, 0.1) is 0 Å². The lowest BCUT2D eigenvalue weighted by molar-refractivity contribution is -0.142. The first-order valence-corrected chi connectivity index (χ1v) is 6.68. The van der Waals surface area contributed by atoms with Crippen molar-refractivity contribution in [1.29, 1.82) is 0 Å². The molecular weight excluding hydrogens is 238 g/mol. The van der Waals surface area contributed by atoms with Gasteiger partial charge in [-0.25, -0.2) is 4.79 Å². The van der Waals surface area contributed by atoms with Crippen LogP contribution >= 0.6 is 0 Å². The summed E-state index contributed by atoms with van der Waals surface area (Å²) < 4.78 is 5.24. The van der Waals surface area contributed by atoms with Gasteiger partial charge in [0, 0.05) is 12.6 Å². The molecule has 0 spiro atoms. The lowest BCUT2D eigenvalue weighted by Crippen LogP contribution is -2.29. The van der Waals surface area contributed by atoms with Crippen molar-refractivity contribution >= 4 is 5.97 Å². The van der Waals surface area contributed by atoms with Crippen molar-refractivity contribution in [2.45, 2.75) is 33.3 Å². The molecule has 1 atom stereocenters. The van der Waals surface area contributed by atoms with E-state index in [1.54, 1.807) is 0 Å². The van der Waals surface area contributed by atoms with Crippen LogP contribution in [0.15, 0.2) is 42.0 Å². The van der Waals surface area contributed by atoms with Crippen molar-refractivity contribution in [3.63, 3.8) is 0 Å². The number of rotatable bonds is 7. The first-order chi connectivity index (χ1) is 9.08. The summed E-state index contributed by atoms with van der Waals surface area (Å²) in [5, 5.41) is 3.29. The Kier molecular flexibility index (Phi) is 6.90. The average Bonchev–Trinajstić information content (AvgIpc) is 2.35. The van der Waals surface area contributed by atoms with Gasteiger partial charge in [0.2, 0.25) is 0 Å². The van der Waals surface area contributed by atoms with Crippen molar-refractivity contribution in [3.8, 4) is 0 Å². The summed E-state index contributed by atoms with van der Waals surface area (Å²) in [5.41, 5.74) is 2.26. The van der Waals surface area contributed by atoms with Gasteiger partial charge in [-0.1, -0.05) is 35.9 Å². The van der Waals surface area contributed by atoms with Crippen LogP contribution < -0.4 is 5.32 Å². The molecule has 3 nitrogen and oxygen atoms in total. The maximum atomic E-state index is 11.4. The Bertz CT molecular complexity index is 408. The normalized spacial score (nSPS) is 11.7. The van der Waals surface area contributed by atoms with Crippen LogP contribution in [0.4, 0.5) is 0 Å². The number of carbonyl (C=O) groups excluding carboxylic acids is 1. The Morgan fingerprint density at radius 3 is 2.63 bits per heavy atom. The van der Waals surface area contributed by atoms with Crippen LogP contribution in [-0.4, -0.2) is 25.2 Å². The summed E-state index contributed by atoms with van der Waals surface area (Å²) in [4.78, 5) is 11.4. The molecule has 1 aromatic rings. The van der Waals surface area contributed by atoms with Gasteiger partial charge in [-0.05, 0) is 39.3 Å². The van der Waals surface area contributed by atoms with E-state index in [9.17, 15) is 4.79 Å². The summed E-state index contributed by atoms with van der Waals surface area (Å²) in [6.07, 6.45) is 2.38. The molecule has 0 aliphatic rings. The fraction of sp³-hybridized carbons (Fsp3) is 0.438. The van der Waals surface area contributed by atoms with Crippen molar-refractivity contribution in [2.75, 3.05) is 13.1 Å². The third-order valence-electron chi connectivity index (χ3n) is 2.59. The van der Waals surface area contributed by atoms with Crippen molar-refractivity contribution in [3.05, 3.63) is 47.5 Å². The first kappa shape index (κ1) is 15.4.